The molecule has 0 spiro atoms. The Labute approximate surface area is 132 Å². The van der Waals surface area contributed by atoms with E-state index in [0.29, 0.717) is 17.1 Å². The Morgan fingerprint density at radius 1 is 1.14 bits per heavy atom. The summed E-state index contributed by atoms with van der Waals surface area (Å²) >= 11 is 6.15. The number of halogens is 1. The van der Waals surface area contributed by atoms with Crippen LogP contribution in [0.2, 0.25) is 5.15 Å². The fourth-order valence-electron chi connectivity index (χ4n) is 3.67. The van der Waals surface area contributed by atoms with Crippen molar-refractivity contribution >= 4 is 17.4 Å². The molecule has 5 heteroatoms. The van der Waals surface area contributed by atoms with Gasteiger partial charge in [0.25, 0.3) is 0 Å². The molecule has 0 amide bonds. The molecular weight excluding hydrogens is 284 g/mol. The van der Waals surface area contributed by atoms with Crippen LogP contribution >= 0.6 is 11.6 Å². The Bertz CT molecular complexity index is 521. The van der Waals surface area contributed by atoms with E-state index < -0.39 is 0 Å². The highest BCUT2D eigenvalue weighted by molar-refractivity contribution is 6.29. The van der Waals surface area contributed by atoms with Crippen molar-refractivity contribution < 1.29 is 0 Å². The number of anilines is 1. The summed E-state index contributed by atoms with van der Waals surface area (Å²) in [6.07, 6.45) is 4.51. The van der Waals surface area contributed by atoms with E-state index in [-0.39, 0.29) is 11.1 Å². The van der Waals surface area contributed by atoms with Crippen molar-refractivity contribution in [1.29, 1.82) is 0 Å². The fraction of sp³-hybridized carbons (Fsp3) is 0.750. The molecule has 3 rings (SSSR count). The molecule has 1 aliphatic heterocycles. The Kier molecular flexibility index (Phi) is 3.65. The lowest BCUT2D eigenvalue weighted by molar-refractivity contribution is 0.170. The second-order valence-electron chi connectivity index (χ2n) is 7.85. The molecule has 0 unspecified atom stereocenters. The summed E-state index contributed by atoms with van der Waals surface area (Å²) < 4.78 is 0. The van der Waals surface area contributed by atoms with Crippen molar-refractivity contribution in [2.45, 2.75) is 76.4 Å². The Morgan fingerprint density at radius 2 is 1.76 bits per heavy atom. The summed E-state index contributed by atoms with van der Waals surface area (Å²) in [5.41, 5.74) is 0.241. The summed E-state index contributed by atoms with van der Waals surface area (Å²) in [7, 11) is 0. The van der Waals surface area contributed by atoms with Crippen LogP contribution in [0.25, 0.3) is 0 Å². The van der Waals surface area contributed by atoms with Crippen LogP contribution in [-0.4, -0.2) is 27.1 Å². The molecule has 0 aromatic carbocycles. The molecule has 0 bridgehead atoms. The molecule has 0 atom stereocenters. The van der Waals surface area contributed by atoms with E-state index in [0.717, 1.165) is 24.5 Å². The van der Waals surface area contributed by atoms with Crippen LogP contribution in [0.4, 0.5) is 5.82 Å². The van der Waals surface area contributed by atoms with E-state index in [9.17, 15) is 0 Å². The lowest BCUT2D eigenvalue weighted by atomic mass is 9.79. The summed E-state index contributed by atoms with van der Waals surface area (Å²) in [5, 5.41) is 7.82. The second-order valence-corrected chi connectivity index (χ2v) is 8.24. The van der Waals surface area contributed by atoms with Gasteiger partial charge in [-0.3, -0.25) is 0 Å². The summed E-state index contributed by atoms with van der Waals surface area (Å²) in [4.78, 5) is 9.01. The largest absolute Gasteiger partial charge is 0.367 e. The molecule has 1 aliphatic carbocycles. The summed E-state index contributed by atoms with van der Waals surface area (Å²) in [6.45, 7) is 9.02. The minimum absolute atomic E-state index is 0.121. The van der Waals surface area contributed by atoms with Gasteiger partial charge in [0.15, 0.2) is 0 Å². The van der Waals surface area contributed by atoms with E-state index in [1.54, 1.807) is 0 Å². The third kappa shape index (κ3) is 3.86. The van der Waals surface area contributed by atoms with Crippen LogP contribution in [0.5, 0.6) is 0 Å². The molecule has 116 valence electrons. The van der Waals surface area contributed by atoms with Crippen molar-refractivity contribution in [3.63, 3.8) is 0 Å². The average Bonchev–Trinajstić information content (AvgIpc) is 3.06. The second kappa shape index (κ2) is 5.10. The third-order valence-electron chi connectivity index (χ3n) is 4.20. The van der Waals surface area contributed by atoms with Gasteiger partial charge >= 0.3 is 0 Å². The van der Waals surface area contributed by atoms with Gasteiger partial charge in [-0.2, -0.15) is 0 Å². The van der Waals surface area contributed by atoms with Gasteiger partial charge in [0, 0.05) is 29.1 Å². The van der Waals surface area contributed by atoms with E-state index in [1.165, 1.54) is 12.8 Å². The predicted molar refractivity (Wildman–Crippen MR) is 87.0 cm³/mol. The first-order valence-corrected chi connectivity index (χ1v) is 8.21. The number of piperidine rings is 1. The zero-order valence-corrected chi connectivity index (χ0v) is 14.1. The molecule has 4 nitrogen and oxygen atoms in total. The molecule has 2 fully saturated rings. The number of nitrogens with one attached hydrogen (secondary N) is 2. The van der Waals surface area contributed by atoms with Crippen molar-refractivity contribution in [3.8, 4) is 0 Å². The van der Waals surface area contributed by atoms with Gasteiger partial charge in [-0.05, 0) is 53.4 Å². The molecule has 1 saturated carbocycles. The standard InChI is InChI=1S/C16H25ClN4/c1-15(2)8-11(9-16(3,4)21-15)18-13-7-12(17)19-14(20-13)10-5-6-10/h7,10-11,21H,5-6,8-9H2,1-4H3,(H,18,19,20). The van der Waals surface area contributed by atoms with E-state index in [4.69, 9.17) is 11.6 Å². The van der Waals surface area contributed by atoms with E-state index in [1.807, 2.05) is 6.07 Å². The van der Waals surface area contributed by atoms with Crippen LogP contribution in [-0.2, 0) is 0 Å². The molecule has 1 saturated heterocycles. The van der Waals surface area contributed by atoms with Crippen LogP contribution < -0.4 is 10.6 Å². The van der Waals surface area contributed by atoms with Gasteiger partial charge < -0.3 is 10.6 Å². The number of aromatic nitrogens is 2. The van der Waals surface area contributed by atoms with E-state index >= 15 is 0 Å². The molecule has 1 aromatic heterocycles. The van der Waals surface area contributed by atoms with Gasteiger partial charge in [0.2, 0.25) is 0 Å². The molecule has 1 aromatic rings. The van der Waals surface area contributed by atoms with Crippen molar-refractivity contribution in [2.24, 2.45) is 0 Å². The number of hydrogen-bond donors (Lipinski definition) is 2. The van der Waals surface area contributed by atoms with Crippen molar-refractivity contribution in [3.05, 3.63) is 17.0 Å². The molecule has 2 heterocycles. The normalized spacial score (nSPS) is 24.8. The van der Waals surface area contributed by atoms with Crippen LogP contribution in [0.3, 0.4) is 0 Å². The lowest BCUT2D eigenvalue weighted by Gasteiger charge is -2.46. The van der Waals surface area contributed by atoms with Gasteiger partial charge in [0.05, 0.1) is 0 Å². The quantitative estimate of drug-likeness (QED) is 0.835. The highest BCUT2D eigenvalue weighted by atomic mass is 35.5. The molecule has 0 radical (unpaired) electrons. The molecule has 2 aliphatic rings. The Balaban J connectivity index is 1.76. The van der Waals surface area contributed by atoms with Gasteiger partial charge in [-0.1, -0.05) is 11.6 Å². The van der Waals surface area contributed by atoms with Crippen molar-refractivity contribution in [1.82, 2.24) is 15.3 Å². The fourth-order valence-corrected chi connectivity index (χ4v) is 3.86. The van der Waals surface area contributed by atoms with Crippen LogP contribution in [0, 0.1) is 0 Å². The van der Waals surface area contributed by atoms with Crippen LogP contribution in [0.1, 0.15) is 65.1 Å². The van der Waals surface area contributed by atoms with E-state index in [2.05, 4.69) is 48.3 Å². The highest BCUT2D eigenvalue weighted by Gasteiger charge is 2.38. The number of rotatable bonds is 3. The topological polar surface area (TPSA) is 49.8 Å². The third-order valence-corrected chi connectivity index (χ3v) is 4.39. The van der Waals surface area contributed by atoms with Crippen molar-refractivity contribution in [2.75, 3.05) is 5.32 Å². The Hall–Kier alpha value is -0.870. The highest BCUT2D eigenvalue weighted by Crippen LogP contribution is 2.39. The van der Waals surface area contributed by atoms with Gasteiger partial charge in [-0.15, -0.1) is 0 Å². The van der Waals surface area contributed by atoms with Gasteiger partial charge in [0.1, 0.15) is 16.8 Å². The predicted octanol–water partition coefficient (Wildman–Crippen LogP) is 3.73. The summed E-state index contributed by atoms with van der Waals surface area (Å²) in [6, 6.07) is 2.24. The maximum absolute atomic E-state index is 6.15. The maximum atomic E-state index is 6.15. The Morgan fingerprint density at radius 3 is 2.33 bits per heavy atom. The molecular formula is C16H25ClN4. The maximum Gasteiger partial charge on any atom is 0.135 e. The first kappa shape index (κ1) is 15.0. The molecule has 21 heavy (non-hydrogen) atoms. The zero-order valence-electron chi connectivity index (χ0n) is 13.3. The number of hydrogen-bond acceptors (Lipinski definition) is 4. The van der Waals surface area contributed by atoms with Gasteiger partial charge in [-0.25, -0.2) is 9.97 Å². The monoisotopic (exact) mass is 308 g/mol. The molecule has 2 N–H and O–H groups in total. The first-order chi connectivity index (χ1) is 9.72. The number of nitrogens with zero attached hydrogens (tertiary/aromatic N) is 2. The SMILES string of the molecule is CC1(C)CC(Nc2cc(Cl)nc(C3CC3)n2)CC(C)(C)N1. The smallest absolute Gasteiger partial charge is 0.135 e. The first-order valence-electron chi connectivity index (χ1n) is 7.83. The van der Waals surface area contributed by atoms with Crippen LogP contribution in [0.15, 0.2) is 6.07 Å². The summed E-state index contributed by atoms with van der Waals surface area (Å²) in [5.74, 6) is 2.29. The zero-order chi connectivity index (χ0) is 15.3. The minimum atomic E-state index is 0.121. The average molecular weight is 309 g/mol. The minimum Gasteiger partial charge on any atom is -0.367 e. The lowest BCUT2D eigenvalue weighted by Crippen LogP contribution is -2.60.